The first-order chi connectivity index (χ1) is 12.2. The van der Waals surface area contributed by atoms with Gasteiger partial charge in [0.15, 0.2) is 0 Å². The Bertz CT molecular complexity index is 664. The van der Waals surface area contributed by atoms with Gasteiger partial charge in [-0.05, 0) is 55.2 Å². The molecule has 1 fully saturated rings. The summed E-state index contributed by atoms with van der Waals surface area (Å²) in [6, 6.07) is 17.3. The predicted octanol–water partition coefficient (Wildman–Crippen LogP) is 3.51. The molecule has 134 valence electrons. The number of methoxy groups -OCH3 is 1. The highest BCUT2D eigenvalue weighted by molar-refractivity contribution is 5.49. The van der Waals surface area contributed by atoms with Crippen LogP contribution in [0.4, 0.5) is 5.69 Å². The second kappa shape index (κ2) is 8.37. The molecule has 1 aliphatic rings. The van der Waals surface area contributed by atoms with Crippen LogP contribution in [0, 0.1) is 0 Å². The minimum absolute atomic E-state index is 0.0980. The molecule has 0 spiro atoms. The van der Waals surface area contributed by atoms with Crippen LogP contribution in [0.1, 0.15) is 36.9 Å². The molecule has 2 N–H and O–H groups in total. The van der Waals surface area contributed by atoms with Crippen LogP contribution >= 0.6 is 0 Å². The van der Waals surface area contributed by atoms with Crippen molar-refractivity contribution in [2.24, 2.45) is 0 Å². The molecule has 0 aromatic heterocycles. The van der Waals surface area contributed by atoms with Crippen LogP contribution in [-0.2, 0) is 6.61 Å². The fourth-order valence-electron chi connectivity index (χ4n) is 3.51. The zero-order chi connectivity index (χ0) is 17.6. The number of anilines is 1. The molecule has 4 heteroatoms. The van der Waals surface area contributed by atoms with E-state index >= 15 is 0 Å². The molecule has 0 amide bonds. The van der Waals surface area contributed by atoms with Crippen LogP contribution in [0.15, 0.2) is 48.5 Å². The van der Waals surface area contributed by atoms with Crippen molar-refractivity contribution in [1.29, 1.82) is 0 Å². The summed E-state index contributed by atoms with van der Waals surface area (Å²) in [5.41, 5.74) is 3.48. The summed E-state index contributed by atoms with van der Waals surface area (Å²) in [5.74, 6) is 0.902. The fourth-order valence-corrected chi connectivity index (χ4v) is 3.51. The van der Waals surface area contributed by atoms with E-state index in [0.29, 0.717) is 12.1 Å². The molecule has 2 aromatic rings. The van der Waals surface area contributed by atoms with Gasteiger partial charge in [-0.2, -0.15) is 0 Å². The van der Waals surface area contributed by atoms with Gasteiger partial charge in [0, 0.05) is 30.9 Å². The van der Waals surface area contributed by atoms with Crippen molar-refractivity contribution in [3.05, 3.63) is 59.7 Å². The van der Waals surface area contributed by atoms with E-state index in [-0.39, 0.29) is 6.61 Å². The highest BCUT2D eigenvalue weighted by Crippen LogP contribution is 2.24. The number of rotatable bonds is 6. The molecule has 0 radical (unpaired) electrons. The van der Waals surface area contributed by atoms with Crippen molar-refractivity contribution >= 4 is 5.69 Å². The Morgan fingerprint density at radius 1 is 1.16 bits per heavy atom. The molecule has 1 saturated heterocycles. The lowest BCUT2D eigenvalue weighted by molar-refractivity contribution is 0.281. The summed E-state index contributed by atoms with van der Waals surface area (Å²) < 4.78 is 5.23. The standard InChI is InChI=1S/C21H28N2O2/c1-16(18-5-3-4-17(14-18)15-24)22-19-10-12-23(13-11-19)20-6-8-21(25-2)9-7-20/h3-9,14,16,19,22,24H,10-13,15H2,1-2H3. The molecule has 1 atom stereocenters. The van der Waals surface area contributed by atoms with Crippen LogP contribution in [0.5, 0.6) is 5.75 Å². The lowest BCUT2D eigenvalue weighted by Crippen LogP contribution is -2.43. The largest absolute Gasteiger partial charge is 0.497 e. The second-order valence-corrected chi connectivity index (χ2v) is 6.75. The van der Waals surface area contributed by atoms with Gasteiger partial charge in [-0.3, -0.25) is 0 Å². The maximum Gasteiger partial charge on any atom is 0.119 e. The quantitative estimate of drug-likeness (QED) is 0.845. The Kier molecular flexibility index (Phi) is 5.95. The van der Waals surface area contributed by atoms with E-state index in [1.165, 1.54) is 11.3 Å². The van der Waals surface area contributed by atoms with Crippen LogP contribution < -0.4 is 15.0 Å². The van der Waals surface area contributed by atoms with Crippen LogP contribution in [0.2, 0.25) is 0 Å². The van der Waals surface area contributed by atoms with Crippen molar-refractivity contribution in [3.8, 4) is 5.75 Å². The van der Waals surface area contributed by atoms with Gasteiger partial charge in [-0.1, -0.05) is 24.3 Å². The summed E-state index contributed by atoms with van der Waals surface area (Å²) in [6.45, 7) is 4.42. The lowest BCUT2D eigenvalue weighted by atomic mass is 10.00. The van der Waals surface area contributed by atoms with Gasteiger partial charge in [0.05, 0.1) is 13.7 Å². The number of benzene rings is 2. The van der Waals surface area contributed by atoms with Crippen LogP contribution in [0.25, 0.3) is 0 Å². The number of nitrogens with one attached hydrogen (secondary N) is 1. The first-order valence-electron chi connectivity index (χ1n) is 9.04. The van der Waals surface area contributed by atoms with E-state index in [2.05, 4.69) is 41.4 Å². The minimum Gasteiger partial charge on any atom is -0.497 e. The smallest absolute Gasteiger partial charge is 0.119 e. The topological polar surface area (TPSA) is 44.7 Å². The van der Waals surface area contributed by atoms with Crippen molar-refractivity contribution in [2.45, 2.75) is 38.5 Å². The van der Waals surface area contributed by atoms with Crippen LogP contribution in [0.3, 0.4) is 0 Å². The van der Waals surface area contributed by atoms with Crippen LogP contribution in [-0.4, -0.2) is 31.3 Å². The molecular formula is C21H28N2O2. The first kappa shape index (κ1) is 17.8. The molecule has 4 nitrogen and oxygen atoms in total. The predicted molar refractivity (Wildman–Crippen MR) is 102 cm³/mol. The Hall–Kier alpha value is -2.04. The monoisotopic (exact) mass is 340 g/mol. The zero-order valence-electron chi connectivity index (χ0n) is 15.1. The van der Waals surface area contributed by atoms with Gasteiger partial charge in [0.25, 0.3) is 0 Å². The molecule has 1 heterocycles. The van der Waals surface area contributed by atoms with E-state index in [0.717, 1.165) is 37.2 Å². The third kappa shape index (κ3) is 4.53. The normalized spacial score (nSPS) is 16.7. The number of aliphatic hydroxyl groups excluding tert-OH is 1. The van der Waals surface area contributed by atoms with Crippen molar-refractivity contribution in [2.75, 3.05) is 25.1 Å². The van der Waals surface area contributed by atoms with Crippen molar-refractivity contribution in [1.82, 2.24) is 5.32 Å². The highest BCUT2D eigenvalue weighted by atomic mass is 16.5. The first-order valence-corrected chi connectivity index (χ1v) is 9.04. The Labute approximate surface area is 150 Å². The maximum absolute atomic E-state index is 9.30. The second-order valence-electron chi connectivity index (χ2n) is 6.75. The highest BCUT2D eigenvalue weighted by Gasteiger charge is 2.21. The number of aliphatic hydroxyl groups is 1. The molecule has 1 unspecified atom stereocenters. The summed E-state index contributed by atoms with van der Waals surface area (Å²) in [7, 11) is 1.70. The zero-order valence-corrected chi connectivity index (χ0v) is 15.1. The number of hydrogen-bond acceptors (Lipinski definition) is 4. The summed E-state index contributed by atoms with van der Waals surface area (Å²) in [5, 5.41) is 13.1. The maximum atomic E-state index is 9.30. The van der Waals surface area contributed by atoms with E-state index in [1.54, 1.807) is 7.11 Å². The summed E-state index contributed by atoms with van der Waals surface area (Å²) in [6.07, 6.45) is 2.27. The Morgan fingerprint density at radius 2 is 1.88 bits per heavy atom. The number of piperidine rings is 1. The van der Waals surface area contributed by atoms with E-state index in [4.69, 9.17) is 4.74 Å². The lowest BCUT2D eigenvalue weighted by Gasteiger charge is -2.35. The average molecular weight is 340 g/mol. The van der Waals surface area contributed by atoms with Gasteiger partial charge >= 0.3 is 0 Å². The van der Waals surface area contributed by atoms with E-state index in [1.807, 2.05) is 24.3 Å². The van der Waals surface area contributed by atoms with E-state index < -0.39 is 0 Å². The van der Waals surface area contributed by atoms with Crippen molar-refractivity contribution < 1.29 is 9.84 Å². The third-order valence-corrected chi connectivity index (χ3v) is 5.05. The molecule has 1 aliphatic heterocycles. The van der Waals surface area contributed by atoms with Gasteiger partial charge in [0.2, 0.25) is 0 Å². The SMILES string of the molecule is COc1ccc(N2CCC(NC(C)c3cccc(CO)c3)CC2)cc1. The van der Waals surface area contributed by atoms with E-state index in [9.17, 15) is 5.11 Å². The van der Waals surface area contributed by atoms with Crippen molar-refractivity contribution in [3.63, 3.8) is 0 Å². The molecule has 0 bridgehead atoms. The molecule has 2 aromatic carbocycles. The molecule has 25 heavy (non-hydrogen) atoms. The molecule has 0 aliphatic carbocycles. The Morgan fingerprint density at radius 3 is 2.52 bits per heavy atom. The Balaban J connectivity index is 1.53. The minimum atomic E-state index is 0.0980. The summed E-state index contributed by atoms with van der Waals surface area (Å²) >= 11 is 0. The number of ether oxygens (including phenoxy) is 1. The van der Waals surface area contributed by atoms with Gasteiger partial charge in [0.1, 0.15) is 5.75 Å². The summed E-state index contributed by atoms with van der Waals surface area (Å²) in [4.78, 5) is 2.44. The number of hydrogen-bond donors (Lipinski definition) is 2. The van der Waals surface area contributed by atoms with Gasteiger partial charge in [-0.15, -0.1) is 0 Å². The molecular weight excluding hydrogens is 312 g/mol. The van der Waals surface area contributed by atoms with Gasteiger partial charge < -0.3 is 20.1 Å². The molecule has 0 saturated carbocycles. The molecule has 3 rings (SSSR count). The average Bonchev–Trinajstić information content (AvgIpc) is 2.68. The number of nitrogens with zero attached hydrogens (tertiary/aromatic N) is 1. The third-order valence-electron chi connectivity index (χ3n) is 5.05. The van der Waals surface area contributed by atoms with Gasteiger partial charge in [-0.25, -0.2) is 0 Å². The fraction of sp³-hybridized carbons (Fsp3) is 0.429.